The van der Waals surface area contributed by atoms with Gasteiger partial charge in [0.2, 0.25) is 0 Å². The number of nitrogens with two attached hydrogens (primary N) is 1. The molecule has 2 N–H and O–H groups in total. The van der Waals surface area contributed by atoms with Gasteiger partial charge in [-0.05, 0) is 24.3 Å². The number of hydrogen-bond acceptors (Lipinski definition) is 10. The molecular formula is C24H42FNO9. The number of rotatable bonds is 27. The Kier molecular flexibility index (Phi) is 22.9. The second-order valence-electron chi connectivity index (χ2n) is 7.01. The second kappa shape index (κ2) is 25.5. The predicted molar refractivity (Wildman–Crippen MR) is 129 cm³/mol. The highest BCUT2D eigenvalue weighted by Gasteiger charge is 1.96. The van der Waals surface area contributed by atoms with Crippen LogP contribution in [0.2, 0.25) is 0 Å². The third kappa shape index (κ3) is 22.6. The van der Waals surface area contributed by atoms with E-state index in [4.69, 9.17) is 48.4 Å². The first-order valence-corrected chi connectivity index (χ1v) is 12.0. The maximum Gasteiger partial charge on any atom is 0.119 e. The molecule has 0 aliphatic carbocycles. The summed E-state index contributed by atoms with van der Waals surface area (Å²) in [7, 11) is 0. The molecule has 0 aliphatic rings. The van der Waals surface area contributed by atoms with Gasteiger partial charge < -0.3 is 48.4 Å². The average Bonchev–Trinajstić information content (AvgIpc) is 2.87. The van der Waals surface area contributed by atoms with Gasteiger partial charge in [0.05, 0.1) is 106 Å². The fourth-order valence-electron chi connectivity index (χ4n) is 2.48. The van der Waals surface area contributed by atoms with Gasteiger partial charge in [0.15, 0.2) is 0 Å². The van der Waals surface area contributed by atoms with E-state index in [9.17, 15) is 4.39 Å². The standard InChI is InChI=1S/C24H42FNO9/c25-5-6-27-7-8-28-9-10-29-11-12-30-13-14-31-15-16-32-17-18-33-19-20-34-21-22-35-24-3-1-23(26)2-4-24/h1-4H,5-22,26H2. The van der Waals surface area contributed by atoms with Crippen molar-refractivity contribution in [2.45, 2.75) is 0 Å². The summed E-state index contributed by atoms with van der Waals surface area (Å²) < 4.78 is 60.1. The van der Waals surface area contributed by atoms with Crippen LogP contribution in [0.25, 0.3) is 0 Å². The summed E-state index contributed by atoms with van der Waals surface area (Å²) in [5.74, 6) is 0.770. The van der Waals surface area contributed by atoms with Crippen LogP contribution in [0.15, 0.2) is 24.3 Å². The van der Waals surface area contributed by atoms with E-state index < -0.39 is 6.67 Å². The zero-order valence-electron chi connectivity index (χ0n) is 20.7. The Morgan fingerprint density at radius 3 is 1.03 bits per heavy atom. The summed E-state index contributed by atoms with van der Waals surface area (Å²) in [6.07, 6.45) is 0. The lowest BCUT2D eigenvalue weighted by molar-refractivity contribution is -0.0238. The monoisotopic (exact) mass is 507 g/mol. The molecule has 11 heteroatoms. The molecule has 1 rings (SSSR count). The molecule has 0 saturated heterocycles. The third-order valence-electron chi connectivity index (χ3n) is 4.20. The SMILES string of the molecule is Nc1ccc(OCCOCCOCCOCCOCCOCCOCCOCCOCCF)cc1. The molecule has 204 valence electrons. The Morgan fingerprint density at radius 2 is 0.714 bits per heavy atom. The van der Waals surface area contributed by atoms with Crippen molar-refractivity contribution >= 4 is 5.69 Å². The zero-order chi connectivity index (χ0) is 25.1. The Bertz CT molecular complexity index is 554. The van der Waals surface area contributed by atoms with E-state index in [2.05, 4.69) is 0 Å². The molecule has 0 amide bonds. The van der Waals surface area contributed by atoms with Crippen LogP contribution in [-0.4, -0.2) is 119 Å². The maximum atomic E-state index is 11.8. The van der Waals surface area contributed by atoms with Gasteiger partial charge in [-0.1, -0.05) is 0 Å². The molecule has 0 heterocycles. The van der Waals surface area contributed by atoms with Crippen LogP contribution in [0.3, 0.4) is 0 Å². The van der Waals surface area contributed by atoms with Crippen LogP contribution in [0.5, 0.6) is 5.75 Å². The van der Waals surface area contributed by atoms with Crippen LogP contribution in [0, 0.1) is 0 Å². The zero-order valence-corrected chi connectivity index (χ0v) is 20.7. The predicted octanol–water partition coefficient (Wildman–Crippen LogP) is 1.75. The van der Waals surface area contributed by atoms with Crippen LogP contribution in [0.1, 0.15) is 0 Å². The molecule has 0 aromatic heterocycles. The molecule has 10 nitrogen and oxygen atoms in total. The summed E-state index contributed by atoms with van der Waals surface area (Å²) in [6, 6.07) is 7.25. The number of alkyl halides is 1. The van der Waals surface area contributed by atoms with Crippen molar-refractivity contribution in [2.24, 2.45) is 0 Å². The van der Waals surface area contributed by atoms with E-state index in [1.807, 2.05) is 12.1 Å². The third-order valence-corrected chi connectivity index (χ3v) is 4.20. The number of ether oxygens (including phenoxy) is 9. The Balaban J connectivity index is 1.65. The highest BCUT2D eigenvalue weighted by atomic mass is 19.1. The molecule has 0 radical (unpaired) electrons. The van der Waals surface area contributed by atoms with Crippen molar-refractivity contribution in [2.75, 3.05) is 125 Å². The van der Waals surface area contributed by atoms with Crippen molar-refractivity contribution < 1.29 is 47.0 Å². The summed E-state index contributed by atoms with van der Waals surface area (Å²) >= 11 is 0. The first kappa shape index (κ1) is 31.5. The lowest BCUT2D eigenvalue weighted by atomic mass is 10.3. The maximum absolute atomic E-state index is 11.8. The van der Waals surface area contributed by atoms with Gasteiger partial charge in [-0.2, -0.15) is 0 Å². The van der Waals surface area contributed by atoms with E-state index in [0.717, 1.165) is 5.75 Å². The van der Waals surface area contributed by atoms with Gasteiger partial charge in [0.25, 0.3) is 0 Å². The second-order valence-corrected chi connectivity index (χ2v) is 7.01. The van der Waals surface area contributed by atoms with E-state index in [-0.39, 0.29) is 6.61 Å². The van der Waals surface area contributed by atoms with Crippen molar-refractivity contribution in [3.05, 3.63) is 24.3 Å². The quantitative estimate of drug-likeness (QED) is 0.140. The Labute approximate surface area is 208 Å². The summed E-state index contributed by atoms with van der Waals surface area (Å²) in [5.41, 5.74) is 6.33. The van der Waals surface area contributed by atoms with Gasteiger partial charge in [0, 0.05) is 5.69 Å². The molecule has 0 saturated carbocycles. The first-order valence-electron chi connectivity index (χ1n) is 12.0. The summed E-state index contributed by atoms with van der Waals surface area (Å²) in [6.45, 7) is 7.42. The lowest BCUT2D eigenvalue weighted by Crippen LogP contribution is -2.15. The fraction of sp³-hybridized carbons (Fsp3) is 0.750. The molecule has 0 spiro atoms. The fourth-order valence-corrected chi connectivity index (χ4v) is 2.48. The molecule has 0 fully saturated rings. The van der Waals surface area contributed by atoms with Crippen LogP contribution in [0.4, 0.5) is 10.1 Å². The highest BCUT2D eigenvalue weighted by molar-refractivity contribution is 5.41. The summed E-state index contributed by atoms with van der Waals surface area (Å²) in [4.78, 5) is 0. The van der Waals surface area contributed by atoms with Crippen molar-refractivity contribution in [1.29, 1.82) is 0 Å². The van der Waals surface area contributed by atoms with E-state index in [0.29, 0.717) is 111 Å². The van der Waals surface area contributed by atoms with Crippen LogP contribution in [-0.2, 0) is 37.9 Å². The van der Waals surface area contributed by atoms with E-state index >= 15 is 0 Å². The van der Waals surface area contributed by atoms with Crippen LogP contribution < -0.4 is 10.5 Å². The van der Waals surface area contributed by atoms with E-state index in [1.54, 1.807) is 12.1 Å². The van der Waals surface area contributed by atoms with Gasteiger partial charge >= 0.3 is 0 Å². The topological polar surface area (TPSA) is 109 Å². The molecule has 0 bridgehead atoms. The molecule has 0 aliphatic heterocycles. The molecule has 0 atom stereocenters. The van der Waals surface area contributed by atoms with Gasteiger partial charge in [-0.25, -0.2) is 4.39 Å². The number of anilines is 1. The number of hydrogen-bond donors (Lipinski definition) is 1. The normalized spacial score (nSPS) is 11.2. The van der Waals surface area contributed by atoms with Gasteiger partial charge in [0.1, 0.15) is 19.0 Å². The van der Waals surface area contributed by atoms with Gasteiger partial charge in [-0.3, -0.25) is 0 Å². The minimum Gasteiger partial charge on any atom is -0.491 e. The van der Waals surface area contributed by atoms with Crippen molar-refractivity contribution in [3.8, 4) is 5.75 Å². The summed E-state index contributed by atoms with van der Waals surface area (Å²) in [5, 5.41) is 0. The molecular weight excluding hydrogens is 465 g/mol. The minimum absolute atomic E-state index is 0.116. The van der Waals surface area contributed by atoms with Gasteiger partial charge in [-0.15, -0.1) is 0 Å². The first-order chi connectivity index (χ1) is 17.3. The lowest BCUT2D eigenvalue weighted by Gasteiger charge is -2.09. The largest absolute Gasteiger partial charge is 0.491 e. The Morgan fingerprint density at radius 1 is 0.429 bits per heavy atom. The number of halogens is 1. The highest BCUT2D eigenvalue weighted by Crippen LogP contribution is 2.12. The molecule has 1 aromatic carbocycles. The molecule has 35 heavy (non-hydrogen) atoms. The number of benzene rings is 1. The van der Waals surface area contributed by atoms with Crippen LogP contribution >= 0.6 is 0 Å². The Hall–Kier alpha value is -1.57. The van der Waals surface area contributed by atoms with E-state index in [1.165, 1.54) is 0 Å². The average molecular weight is 508 g/mol. The smallest absolute Gasteiger partial charge is 0.119 e. The molecule has 0 unspecified atom stereocenters. The van der Waals surface area contributed by atoms with Crippen molar-refractivity contribution in [3.63, 3.8) is 0 Å². The minimum atomic E-state index is -0.472. The number of nitrogen functional groups attached to an aromatic ring is 1. The van der Waals surface area contributed by atoms with Crippen molar-refractivity contribution in [1.82, 2.24) is 0 Å². The molecule has 1 aromatic rings.